The van der Waals surface area contributed by atoms with Gasteiger partial charge in [0.2, 0.25) is 0 Å². The lowest BCUT2D eigenvalue weighted by Crippen LogP contribution is -2.48. The first-order chi connectivity index (χ1) is 9.47. The number of para-hydroxylation sites is 1. The van der Waals surface area contributed by atoms with Crippen molar-refractivity contribution in [3.8, 4) is 0 Å². The molecule has 1 saturated heterocycles. The molecular weight excluding hydrogens is 254 g/mol. The van der Waals surface area contributed by atoms with E-state index in [-0.39, 0.29) is 11.9 Å². The van der Waals surface area contributed by atoms with Gasteiger partial charge in [-0.05, 0) is 38.8 Å². The van der Waals surface area contributed by atoms with Crippen molar-refractivity contribution in [2.75, 3.05) is 6.54 Å². The van der Waals surface area contributed by atoms with E-state index in [1.165, 1.54) is 0 Å². The summed E-state index contributed by atoms with van der Waals surface area (Å²) in [6.07, 6.45) is 1.75. The Hall–Kier alpha value is -1.81. The van der Waals surface area contributed by atoms with E-state index in [9.17, 15) is 9.90 Å². The van der Waals surface area contributed by atoms with Gasteiger partial charge in [-0.3, -0.25) is 4.79 Å². The minimum atomic E-state index is -0.891. The number of amides is 1. The second-order valence-electron chi connectivity index (χ2n) is 5.96. The van der Waals surface area contributed by atoms with Crippen LogP contribution in [0.4, 0.5) is 0 Å². The molecule has 1 amide bonds. The number of fused-ring (bicyclic) bond motifs is 1. The molecule has 0 aliphatic carbocycles. The summed E-state index contributed by atoms with van der Waals surface area (Å²) < 4.78 is 5.63. The molecule has 1 atom stereocenters. The summed E-state index contributed by atoms with van der Waals surface area (Å²) >= 11 is 0. The van der Waals surface area contributed by atoms with Crippen molar-refractivity contribution in [1.29, 1.82) is 0 Å². The maximum absolute atomic E-state index is 12.6. The monoisotopic (exact) mass is 273 g/mol. The number of carbonyl (C=O) groups is 1. The number of furan rings is 1. The molecular formula is C16H19NO3. The molecule has 1 aromatic carbocycles. The third-order valence-corrected chi connectivity index (χ3v) is 3.97. The van der Waals surface area contributed by atoms with Crippen molar-refractivity contribution in [2.24, 2.45) is 0 Å². The van der Waals surface area contributed by atoms with Crippen molar-refractivity contribution in [2.45, 2.75) is 38.3 Å². The standard InChI is InChI=1S/C16H19NO3/c1-16(2,19)14-8-5-9-17(14)15(18)13-10-11-6-3-4-7-12(11)20-13/h3-4,6-7,10,14,19H,5,8-9H2,1-2H3. The molecule has 0 bridgehead atoms. The van der Waals surface area contributed by atoms with Gasteiger partial charge in [0, 0.05) is 11.9 Å². The van der Waals surface area contributed by atoms with Crippen LogP contribution in [0.2, 0.25) is 0 Å². The number of aliphatic hydroxyl groups is 1. The molecule has 1 fully saturated rings. The molecule has 0 saturated carbocycles. The first-order valence-corrected chi connectivity index (χ1v) is 6.99. The smallest absolute Gasteiger partial charge is 0.289 e. The number of benzene rings is 1. The maximum Gasteiger partial charge on any atom is 0.289 e. The fourth-order valence-electron chi connectivity index (χ4n) is 2.97. The van der Waals surface area contributed by atoms with Crippen LogP contribution < -0.4 is 0 Å². The van der Waals surface area contributed by atoms with Gasteiger partial charge in [-0.2, -0.15) is 0 Å². The average molecular weight is 273 g/mol. The molecule has 0 radical (unpaired) electrons. The number of nitrogens with zero attached hydrogens (tertiary/aromatic N) is 1. The lowest BCUT2D eigenvalue weighted by atomic mass is 9.96. The SMILES string of the molecule is CC(C)(O)C1CCCN1C(=O)c1cc2ccccc2o1. The number of rotatable bonds is 2. The number of hydrogen-bond donors (Lipinski definition) is 1. The number of likely N-dealkylation sites (tertiary alicyclic amines) is 1. The second kappa shape index (κ2) is 4.63. The highest BCUT2D eigenvalue weighted by atomic mass is 16.3. The molecule has 106 valence electrons. The van der Waals surface area contributed by atoms with Gasteiger partial charge in [0.25, 0.3) is 5.91 Å². The van der Waals surface area contributed by atoms with Gasteiger partial charge in [0.1, 0.15) is 5.58 Å². The lowest BCUT2D eigenvalue weighted by Gasteiger charge is -2.33. The van der Waals surface area contributed by atoms with Crippen LogP contribution in [0.1, 0.15) is 37.2 Å². The second-order valence-corrected chi connectivity index (χ2v) is 5.96. The highest BCUT2D eigenvalue weighted by Gasteiger charge is 2.39. The fraction of sp³-hybridized carbons (Fsp3) is 0.438. The largest absolute Gasteiger partial charge is 0.451 e. The van der Waals surface area contributed by atoms with Crippen molar-refractivity contribution < 1.29 is 14.3 Å². The minimum Gasteiger partial charge on any atom is -0.451 e. The molecule has 1 unspecified atom stereocenters. The van der Waals surface area contributed by atoms with Crippen molar-refractivity contribution in [3.63, 3.8) is 0 Å². The average Bonchev–Trinajstić information content (AvgIpc) is 3.03. The van der Waals surface area contributed by atoms with Crippen LogP contribution in [-0.2, 0) is 0 Å². The summed E-state index contributed by atoms with van der Waals surface area (Å²) in [5.74, 6) is 0.216. The van der Waals surface area contributed by atoms with Crippen LogP contribution in [0.15, 0.2) is 34.7 Å². The molecule has 2 heterocycles. The summed E-state index contributed by atoms with van der Waals surface area (Å²) in [7, 11) is 0. The van der Waals surface area contributed by atoms with Gasteiger partial charge in [0.15, 0.2) is 5.76 Å². The van der Waals surface area contributed by atoms with E-state index < -0.39 is 5.60 Å². The lowest BCUT2D eigenvalue weighted by molar-refractivity contribution is -0.000680. The quantitative estimate of drug-likeness (QED) is 0.915. The Labute approximate surface area is 118 Å². The summed E-state index contributed by atoms with van der Waals surface area (Å²) in [5, 5.41) is 11.1. The van der Waals surface area contributed by atoms with Gasteiger partial charge in [-0.25, -0.2) is 0 Å². The molecule has 4 nitrogen and oxygen atoms in total. The minimum absolute atomic E-state index is 0.133. The Morgan fingerprint density at radius 3 is 2.85 bits per heavy atom. The van der Waals surface area contributed by atoms with Crippen LogP contribution in [0.25, 0.3) is 11.0 Å². The Balaban J connectivity index is 1.91. The normalized spacial score (nSPS) is 19.8. The van der Waals surface area contributed by atoms with Crippen molar-refractivity contribution in [3.05, 3.63) is 36.1 Å². The zero-order valence-corrected chi connectivity index (χ0v) is 11.8. The molecule has 2 aromatic rings. The summed E-state index contributed by atoms with van der Waals surface area (Å²) in [4.78, 5) is 14.3. The van der Waals surface area contributed by atoms with Crippen LogP contribution in [0, 0.1) is 0 Å². The van der Waals surface area contributed by atoms with E-state index in [0.717, 1.165) is 23.8 Å². The van der Waals surface area contributed by atoms with Crippen molar-refractivity contribution >= 4 is 16.9 Å². The summed E-state index contributed by atoms with van der Waals surface area (Å²) in [5.41, 5.74) is -0.173. The van der Waals surface area contributed by atoms with E-state index in [4.69, 9.17) is 4.42 Å². The van der Waals surface area contributed by atoms with E-state index in [1.54, 1.807) is 24.8 Å². The van der Waals surface area contributed by atoms with Gasteiger partial charge < -0.3 is 14.4 Å². The molecule has 20 heavy (non-hydrogen) atoms. The molecule has 0 spiro atoms. The Morgan fingerprint density at radius 1 is 1.40 bits per heavy atom. The van der Waals surface area contributed by atoms with Crippen molar-refractivity contribution in [1.82, 2.24) is 4.90 Å². The molecule has 4 heteroatoms. The third kappa shape index (κ3) is 2.20. The van der Waals surface area contributed by atoms with Gasteiger partial charge in [-0.1, -0.05) is 18.2 Å². The molecule has 1 aromatic heterocycles. The molecule has 1 aliphatic rings. The predicted molar refractivity (Wildman–Crippen MR) is 76.6 cm³/mol. The topological polar surface area (TPSA) is 53.7 Å². The first kappa shape index (κ1) is 13.2. The third-order valence-electron chi connectivity index (χ3n) is 3.97. The highest BCUT2D eigenvalue weighted by Crippen LogP contribution is 2.29. The van der Waals surface area contributed by atoms with Gasteiger partial charge in [-0.15, -0.1) is 0 Å². The zero-order valence-electron chi connectivity index (χ0n) is 11.8. The number of hydrogen-bond acceptors (Lipinski definition) is 3. The summed E-state index contributed by atoms with van der Waals surface area (Å²) in [6.45, 7) is 4.17. The molecule has 1 aliphatic heterocycles. The maximum atomic E-state index is 12.6. The Kier molecular flexibility index (Phi) is 3.05. The van der Waals surface area contributed by atoms with Crippen LogP contribution in [-0.4, -0.2) is 34.1 Å². The first-order valence-electron chi connectivity index (χ1n) is 6.99. The van der Waals surface area contributed by atoms with E-state index in [2.05, 4.69) is 0 Å². The highest BCUT2D eigenvalue weighted by molar-refractivity contribution is 5.96. The van der Waals surface area contributed by atoms with Crippen LogP contribution >= 0.6 is 0 Å². The number of carbonyl (C=O) groups excluding carboxylic acids is 1. The van der Waals surface area contributed by atoms with E-state index in [0.29, 0.717) is 12.3 Å². The van der Waals surface area contributed by atoms with E-state index in [1.807, 2.05) is 24.3 Å². The Morgan fingerprint density at radius 2 is 2.15 bits per heavy atom. The van der Waals surface area contributed by atoms with Crippen LogP contribution in [0.5, 0.6) is 0 Å². The fourth-order valence-corrected chi connectivity index (χ4v) is 2.97. The van der Waals surface area contributed by atoms with E-state index >= 15 is 0 Å². The Bertz CT molecular complexity index is 605. The molecule has 1 N–H and O–H groups in total. The van der Waals surface area contributed by atoms with Crippen LogP contribution in [0.3, 0.4) is 0 Å². The molecule has 3 rings (SSSR count). The zero-order chi connectivity index (χ0) is 14.3. The summed E-state index contributed by atoms with van der Waals surface area (Å²) in [6, 6.07) is 9.20. The van der Waals surface area contributed by atoms with Gasteiger partial charge in [0.05, 0.1) is 11.6 Å². The predicted octanol–water partition coefficient (Wildman–Crippen LogP) is 2.81. The van der Waals surface area contributed by atoms with Gasteiger partial charge >= 0.3 is 0 Å².